The van der Waals surface area contributed by atoms with E-state index in [1.165, 1.54) is 57.8 Å². The second-order valence-electron chi connectivity index (χ2n) is 7.08. The van der Waals surface area contributed by atoms with E-state index in [0.717, 1.165) is 36.4 Å². The summed E-state index contributed by atoms with van der Waals surface area (Å²) in [5.41, 5.74) is 5.95. The maximum Gasteiger partial charge on any atom is 0.0135 e. The van der Waals surface area contributed by atoms with Crippen LogP contribution in [0.25, 0.3) is 0 Å². The second-order valence-corrected chi connectivity index (χ2v) is 7.08. The third-order valence-electron chi connectivity index (χ3n) is 6.00. The first kappa shape index (κ1) is 12.9. The molecule has 3 aliphatic rings. The molecule has 2 heteroatoms. The SMILES string of the molecule is CN(C1CCCC(C2CC2)C1)C1CCCC1CN. The molecule has 2 nitrogen and oxygen atoms in total. The minimum Gasteiger partial charge on any atom is -0.330 e. The Kier molecular flexibility index (Phi) is 3.95. The maximum absolute atomic E-state index is 5.95. The molecule has 4 unspecified atom stereocenters. The van der Waals surface area contributed by atoms with Gasteiger partial charge in [0.05, 0.1) is 0 Å². The van der Waals surface area contributed by atoms with Gasteiger partial charge in [-0.15, -0.1) is 0 Å². The van der Waals surface area contributed by atoms with E-state index < -0.39 is 0 Å². The molecule has 0 radical (unpaired) electrons. The van der Waals surface area contributed by atoms with Crippen molar-refractivity contribution in [1.29, 1.82) is 0 Å². The van der Waals surface area contributed by atoms with Gasteiger partial charge in [0, 0.05) is 12.1 Å². The van der Waals surface area contributed by atoms with E-state index in [1.807, 2.05) is 0 Å². The average Bonchev–Trinajstić information content (AvgIpc) is 3.16. The summed E-state index contributed by atoms with van der Waals surface area (Å²) in [6.07, 6.45) is 13.1. The van der Waals surface area contributed by atoms with E-state index in [0.29, 0.717) is 0 Å². The third kappa shape index (κ3) is 2.60. The van der Waals surface area contributed by atoms with Crippen LogP contribution in [0.1, 0.15) is 57.8 Å². The van der Waals surface area contributed by atoms with Crippen molar-refractivity contribution in [2.24, 2.45) is 23.5 Å². The van der Waals surface area contributed by atoms with Crippen LogP contribution in [0.4, 0.5) is 0 Å². The summed E-state index contributed by atoms with van der Waals surface area (Å²) in [7, 11) is 2.39. The van der Waals surface area contributed by atoms with Gasteiger partial charge in [-0.25, -0.2) is 0 Å². The summed E-state index contributed by atoms with van der Waals surface area (Å²) in [6, 6.07) is 1.65. The molecule has 0 amide bonds. The van der Waals surface area contributed by atoms with E-state index in [1.54, 1.807) is 0 Å². The molecule has 104 valence electrons. The summed E-state index contributed by atoms with van der Waals surface area (Å²) in [6.45, 7) is 0.897. The number of rotatable bonds is 4. The van der Waals surface area contributed by atoms with Gasteiger partial charge in [0.25, 0.3) is 0 Å². The predicted molar refractivity (Wildman–Crippen MR) is 76.4 cm³/mol. The average molecular weight is 250 g/mol. The Labute approximate surface area is 112 Å². The van der Waals surface area contributed by atoms with Gasteiger partial charge in [-0.2, -0.15) is 0 Å². The fourth-order valence-corrected chi connectivity index (χ4v) is 4.67. The highest BCUT2D eigenvalue weighted by Gasteiger charge is 2.38. The van der Waals surface area contributed by atoms with Gasteiger partial charge in [-0.3, -0.25) is 0 Å². The van der Waals surface area contributed by atoms with E-state index in [4.69, 9.17) is 5.73 Å². The normalized spacial score (nSPS) is 41.5. The highest BCUT2D eigenvalue weighted by atomic mass is 15.2. The Morgan fingerprint density at radius 3 is 2.44 bits per heavy atom. The van der Waals surface area contributed by atoms with Gasteiger partial charge in [-0.05, 0) is 69.9 Å². The molecule has 0 bridgehead atoms. The molecule has 0 aromatic heterocycles. The van der Waals surface area contributed by atoms with Crippen LogP contribution in [0.15, 0.2) is 0 Å². The van der Waals surface area contributed by atoms with Crippen LogP contribution in [-0.2, 0) is 0 Å². The van der Waals surface area contributed by atoms with Crippen LogP contribution in [0.5, 0.6) is 0 Å². The standard InChI is InChI=1S/C16H30N2/c1-18(16-7-3-5-14(16)11-17)15-6-2-4-13(10-15)12-8-9-12/h12-16H,2-11,17H2,1H3. The first-order valence-electron chi connectivity index (χ1n) is 8.21. The van der Waals surface area contributed by atoms with Crippen LogP contribution < -0.4 is 5.73 Å². The van der Waals surface area contributed by atoms with Gasteiger partial charge in [0.2, 0.25) is 0 Å². The van der Waals surface area contributed by atoms with Crippen LogP contribution in [0.2, 0.25) is 0 Å². The highest BCUT2D eigenvalue weighted by Crippen LogP contribution is 2.45. The molecular weight excluding hydrogens is 220 g/mol. The predicted octanol–water partition coefficient (Wildman–Crippen LogP) is 3.01. The smallest absolute Gasteiger partial charge is 0.0135 e. The molecule has 0 heterocycles. The molecule has 0 aliphatic heterocycles. The Bertz CT molecular complexity index is 274. The molecule has 18 heavy (non-hydrogen) atoms. The molecule has 2 N–H and O–H groups in total. The molecule has 0 aromatic rings. The van der Waals surface area contributed by atoms with Crippen molar-refractivity contribution in [3.8, 4) is 0 Å². The van der Waals surface area contributed by atoms with E-state index in [9.17, 15) is 0 Å². The van der Waals surface area contributed by atoms with Gasteiger partial charge in [0.15, 0.2) is 0 Å². The Morgan fingerprint density at radius 2 is 1.72 bits per heavy atom. The summed E-state index contributed by atoms with van der Waals surface area (Å²) in [4.78, 5) is 2.74. The van der Waals surface area contributed by atoms with Gasteiger partial charge < -0.3 is 10.6 Å². The zero-order valence-electron chi connectivity index (χ0n) is 12.0. The summed E-state index contributed by atoms with van der Waals surface area (Å²) >= 11 is 0. The Morgan fingerprint density at radius 1 is 0.944 bits per heavy atom. The van der Waals surface area contributed by atoms with Crippen molar-refractivity contribution in [2.45, 2.75) is 69.9 Å². The lowest BCUT2D eigenvalue weighted by atomic mass is 9.81. The van der Waals surface area contributed by atoms with E-state index in [-0.39, 0.29) is 0 Å². The zero-order chi connectivity index (χ0) is 12.5. The zero-order valence-corrected chi connectivity index (χ0v) is 12.0. The molecule has 3 saturated carbocycles. The first-order chi connectivity index (χ1) is 8.79. The van der Waals surface area contributed by atoms with E-state index >= 15 is 0 Å². The van der Waals surface area contributed by atoms with Crippen LogP contribution in [0.3, 0.4) is 0 Å². The second kappa shape index (κ2) is 5.50. The van der Waals surface area contributed by atoms with Crippen molar-refractivity contribution < 1.29 is 0 Å². The van der Waals surface area contributed by atoms with Gasteiger partial charge in [0.1, 0.15) is 0 Å². The van der Waals surface area contributed by atoms with Gasteiger partial charge in [-0.1, -0.05) is 19.3 Å². The fourth-order valence-electron chi connectivity index (χ4n) is 4.67. The number of hydrogen-bond donors (Lipinski definition) is 1. The van der Waals surface area contributed by atoms with Crippen LogP contribution >= 0.6 is 0 Å². The number of hydrogen-bond acceptors (Lipinski definition) is 2. The minimum absolute atomic E-state index is 0.774. The molecule has 3 aliphatic carbocycles. The quantitative estimate of drug-likeness (QED) is 0.831. The summed E-state index contributed by atoms with van der Waals surface area (Å²) < 4.78 is 0. The third-order valence-corrected chi connectivity index (χ3v) is 6.00. The monoisotopic (exact) mass is 250 g/mol. The Hall–Kier alpha value is -0.0800. The molecular formula is C16H30N2. The molecule has 0 spiro atoms. The summed E-state index contributed by atoms with van der Waals surface area (Å²) in [5, 5.41) is 0. The van der Waals surface area contributed by atoms with Crippen LogP contribution in [0, 0.1) is 17.8 Å². The summed E-state index contributed by atoms with van der Waals surface area (Å²) in [5.74, 6) is 2.94. The maximum atomic E-state index is 5.95. The topological polar surface area (TPSA) is 29.3 Å². The van der Waals surface area contributed by atoms with Crippen molar-refractivity contribution in [3.63, 3.8) is 0 Å². The van der Waals surface area contributed by atoms with Gasteiger partial charge >= 0.3 is 0 Å². The minimum atomic E-state index is 0.774. The van der Waals surface area contributed by atoms with Crippen molar-refractivity contribution in [2.75, 3.05) is 13.6 Å². The number of nitrogens with zero attached hydrogens (tertiary/aromatic N) is 1. The lowest BCUT2D eigenvalue weighted by Gasteiger charge is -2.40. The van der Waals surface area contributed by atoms with Crippen molar-refractivity contribution >= 4 is 0 Å². The lowest BCUT2D eigenvalue weighted by Crippen LogP contribution is -2.46. The molecule has 0 saturated heterocycles. The number of nitrogens with two attached hydrogens (primary N) is 1. The fraction of sp³-hybridized carbons (Fsp3) is 1.00. The van der Waals surface area contributed by atoms with E-state index in [2.05, 4.69) is 11.9 Å². The first-order valence-corrected chi connectivity index (χ1v) is 8.21. The molecule has 3 rings (SSSR count). The largest absolute Gasteiger partial charge is 0.330 e. The lowest BCUT2D eigenvalue weighted by molar-refractivity contribution is 0.0902. The molecule has 0 aromatic carbocycles. The Balaban J connectivity index is 1.58. The highest BCUT2D eigenvalue weighted by molar-refractivity contribution is 4.92. The molecule has 3 fully saturated rings. The van der Waals surface area contributed by atoms with Crippen molar-refractivity contribution in [3.05, 3.63) is 0 Å². The van der Waals surface area contributed by atoms with Crippen molar-refractivity contribution in [1.82, 2.24) is 4.90 Å². The molecule has 4 atom stereocenters. The van der Waals surface area contributed by atoms with Crippen LogP contribution in [-0.4, -0.2) is 30.6 Å².